The number of carbonyl (C=O) groups is 3. The van der Waals surface area contributed by atoms with Crippen molar-refractivity contribution < 1.29 is 28.6 Å². The molecule has 70 heavy (non-hydrogen) atoms. The molecule has 1 atom stereocenters. The maximum atomic E-state index is 12.9. The van der Waals surface area contributed by atoms with Crippen molar-refractivity contribution in [2.75, 3.05) is 13.2 Å². The minimum atomic E-state index is -0.806. The summed E-state index contributed by atoms with van der Waals surface area (Å²) >= 11 is 0. The Morgan fingerprint density at radius 1 is 0.286 bits per heavy atom. The summed E-state index contributed by atoms with van der Waals surface area (Å²) in [5.41, 5.74) is 0. The molecule has 6 heteroatoms. The Morgan fingerprint density at radius 2 is 0.514 bits per heavy atom. The van der Waals surface area contributed by atoms with E-state index in [0.717, 1.165) is 116 Å². The third kappa shape index (κ3) is 55.5. The van der Waals surface area contributed by atoms with Gasteiger partial charge in [0.2, 0.25) is 0 Å². The van der Waals surface area contributed by atoms with Crippen LogP contribution in [0.25, 0.3) is 0 Å². The van der Waals surface area contributed by atoms with Crippen LogP contribution in [0.15, 0.2) is 85.1 Å². The Labute approximate surface area is 433 Å². The fraction of sp³-hybridized carbons (Fsp3) is 0.734. The van der Waals surface area contributed by atoms with Crippen molar-refractivity contribution in [3.05, 3.63) is 85.1 Å². The first-order valence-corrected chi connectivity index (χ1v) is 29.7. The fourth-order valence-corrected chi connectivity index (χ4v) is 8.19. The standard InChI is InChI=1S/C64H110O6/c1-4-7-10-13-16-19-22-25-28-31-33-36-39-42-45-48-51-54-57-63(66)69-60-61(59-68-62(65)56-53-50-47-44-41-38-35-30-27-24-21-18-15-12-9-6-3)70-64(67)58-55-52-49-46-43-40-37-34-32-29-26-23-20-17-14-11-8-5-2/h22,25,28-38,41,61H,4-21,23-24,26-27,39-40,42-60H2,1-3H3/b25-22-,31-28-,32-29-,35-30-,36-33-,37-34-,41-38-. The van der Waals surface area contributed by atoms with Crippen LogP contribution in [0.2, 0.25) is 0 Å². The topological polar surface area (TPSA) is 78.9 Å². The highest BCUT2D eigenvalue weighted by Crippen LogP contribution is 2.14. The van der Waals surface area contributed by atoms with Gasteiger partial charge in [0.25, 0.3) is 0 Å². The quantitative estimate of drug-likeness (QED) is 0.0261. The van der Waals surface area contributed by atoms with Gasteiger partial charge in [0.1, 0.15) is 13.2 Å². The van der Waals surface area contributed by atoms with Crippen LogP contribution in [0.1, 0.15) is 284 Å². The Kier molecular flexibility index (Phi) is 55.3. The van der Waals surface area contributed by atoms with Crippen LogP contribution in [0.5, 0.6) is 0 Å². The lowest BCUT2D eigenvalue weighted by Gasteiger charge is -2.18. The summed E-state index contributed by atoms with van der Waals surface area (Å²) in [7, 11) is 0. The van der Waals surface area contributed by atoms with Gasteiger partial charge in [0.05, 0.1) is 0 Å². The van der Waals surface area contributed by atoms with Crippen molar-refractivity contribution in [2.24, 2.45) is 0 Å². The van der Waals surface area contributed by atoms with Gasteiger partial charge in [-0.25, -0.2) is 0 Å². The van der Waals surface area contributed by atoms with Gasteiger partial charge in [-0.2, -0.15) is 0 Å². The molecule has 0 aromatic heterocycles. The van der Waals surface area contributed by atoms with E-state index in [2.05, 4.69) is 106 Å². The highest BCUT2D eigenvalue weighted by Gasteiger charge is 2.19. The van der Waals surface area contributed by atoms with Crippen LogP contribution < -0.4 is 0 Å². The van der Waals surface area contributed by atoms with E-state index in [1.54, 1.807) is 0 Å². The number of hydrogen-bond donors (Lipinski definition) is 0. The predicted molar refractivity (Wildman–Crippen MR) is 302 cm³/mol. The summed E-state index contributed by atoms with van der Waals surface area (Å²) in [4.78, 5) is 38.2. The molecule has 0 aromatic carbocycles. The van der Waals surface area contributed by atoms with Crippen LogP contribution in [0.4, 0.5) is 0 Å². The van der Waals surface area contributed by atoms with E-state index in [4.69, 9.17) is 14.2 Å². The number of hydrogen-bond acceptors (Lipinski definition) is 6. The molecule has 0 aliphatic carbocycles. The summed E-state index contributed by atoms with van der Waals surface area (Å²) in [6.07, 6.45) is 75.7. The molecule has 0 rings (SSSR count). The Morgan fingerprint density at radius 3 is 0.814 bits per heavy atom. The molecule has 0 radical (unpaired) electrons. The Bertz CT molecular complexity index is 1350. The second-order valence-corrected chi connectivity index (χ2v) is 19.7. The van der Waals surface area contributed by atoms with Gasteiger partial charge in [-0.1, -0.05) is 254 Å². The van der Waals surface area contributed by atoms with Gasteiger partial charge in [-0.05, 0) is 96.3 Å². The number of ether oxygens (including phenoxy) is 3. The van der Waals surface area contributed by atoms with Crippen molar-refractivity contribution in [1.29, 1.82) is 0 Å². The highest BCUT2D eigenvalue weighted by molar-refractivity contribution is 5.71. The minimum Gasteiger partial charge on any atom is -0.462 e. The minimum absolute atomic E-state index is 0.102. The molecule has 0 aliphatic heterocycles. The van der Waals surface area contributed by atoms with Crippen LogP contribution >= 0.6 is 0 Å². The van der Waals surface area contributed by atoms with Gasteiger partial charge in [-0.15, -0.1) is 0 Å². The predicted octanol–water partition coefficient (Wildman–Crippen LogP) is 19.9. The first-order valence-electron chi connectivity index (χ1n) is 29.7. The van der Waals surface area contributed by atoms with E-state index in [-0.39, 0.29) is 31.1 Å². The average molecular weight is 976 g/mol. The van der Waals surface area contributed by atoms with Crippen LogP contribution in [-0.2, 0) is 28.6 Å². The lowest BCUT2D eigenvalue weighted by Crippen LogP contribution is -2.30. The van der Waals surface area contributed by atoms with Gasteiger partial charge in [-0.3, -0.25) is 14.4 Å². The monoisotopic (exact) mass is 975 g/mol. The zero-order valence-corrected chi connectivity index (χ0v) is 46.0. The first kappa shape index (κ1) is 66.6. The Hall–Kier alpha value is -3.41. The summed E-state index contributed by atoms with van der Waals surface area (Å²) < 4.78 is 16.8. The van der Waals surface area contributed by atoms with E-state index in [9.17, 15) is 14.4 Å². The summed E-state index contributed by atoms with van der Waals surface area (Å²) in [6, 6.07) is 0. The second kappa shape index (κ2) is 58.2. The van der Waals surface area contributed by atoms with E-state index < -0.39 is 6.10 Å². The molecule has 0 N–H and O–H groups in total. The van der Waals surface area contributed by atoms with Crippen LogP contribution in [-0.4, -0.2) is 37.2 Å². The van der Waals surface area contributed by atoms with Crippen molar-refractivity contribution in [3.8, 4) is 0 Å². The molecule has 0 amide bonds. The third-order valence-corrected chi connectivity index (χ3v) is 12.7. The largest absolute Gasteiger partial charge is 0.462 e. The summed E-state index contributed by atoms with van der Waals surface area (Å²) in [5, 5.41) is 0. The van der Waals surface area contributed by atoms with E-state index in [0.29, 0.717) is 19.3 Å². The van der Waals surface area contributed by atoms with Crippen molar-refractivity contribution in [1.82, 2.24) is 0 Å². The highest BCUT2D eigenvalue weighted by atomic mass is 16.6. The molecule has 1 unspecified atom stereocenters. The van der Waals surface area contributed by atoms with Crippen LogP contribution in [0, 0.1) is 0 Å². The lowest BCUT2D eigenvalue weighted by atomic mass is 10.1. The molecule has 0 bridgehead atoms. The maximum absolute atomic E-state index is 12.9. The second-order valence-electron chi connectivity index (χ2n) is 19.7. The van der Waals surface area contributed by atoms with Gasteiger partial charge >= 0.3 is 17.9 Å². The first-order chi connectivity index (χ1) is 34.5. The fourth-order valence-electron chi connectivity index (χ4n) is 8.19. The average Bonchev–Trinajstić information content (AvgIpc) is 3.36. The summed E-state index contributed by atoms with van der Waals surface area (Å²) in [5.74, 6) is -0.955. The molecule has 0 saturated carbocycles. The van der Waals surface area contributed by atoms with Gasteiger partial charge in [0, 0.05) is 19.3 Å². The number of carbonyl (C=O) groups excluding carboxylic acids is 3. The molecular weight excluding hydrogens is 865 g/mol. The normalized spacial score (nSPS) is 12.7. The van der Waals surface area contributed by atoms with E-state index in [1.165, 1.54) is 128 Å². The lowest BCUT2D eigenvalue weighted by molar-refractivity contribution is -0.167. The molecular formula is C64H110O6. The molecule has 0 saturated heterocycles. The number of unbranched alkanes of at least 4 members (excludes halogenated alkanes) is 32. The van der Waals surface area contributed by atoms with Crippen molar-refractivity contribution in [2.45, 2.75) is 290 Å². The number of allylic oxidation sites excluding steroid dienone is 14. The van der Waals surface area contributed by atoms with Crippen LogP contribution in [0.3, 0.4) is 0 Å². The maximum Gasteiger partial charge on any atom is 0.306 e. The zero-order chi connectivity index (χ0) is 50.7. The van der Waals surface area contributed by atoms with Crippen molar-refractivity contribution in [3.63, 3.8) is 0 Å². The third-order valence-electron chi connectivity index (χ3n) is 12.7. The number of rotatable bonds is 53. The smallest absolute Gasteiger partial charge is 0.306 e. The molecule has 0 aliphatic rings. The molecule has 0 fully saturated rings. The van der Waals surface area contributed by atoms with E-state index >= 15 is 0 Å². The molecule has 0 aromatic rings. The summed E-state index contributed by atoms with van der Waals surface area (Å²) in [6.45, 7) is 6.58. The SMILES string of the molecule is CCCCCCC\C=C/C=C\C=C/CCCCCCCC(=O)OCC(COC(=O)CCCCC/C=C\C=C/CCCCCCCCC)OC(=O)CCCCCCC/C=C\C=C/CCCCCCCCC. The van der Waals surface area contributed by atoms with Crippen molar-refractivity contribution >= 4 is 17.9 Å². The number of esters is 3. The molecule has 402 valence electrons. The zero-order valence-electron chi connectivity index (χ0n) is 46.0. The molecule has 0 heterocycles. The Balaban J connectivity index is 4.50. The van der Waals surface area contributed by atoms with E-state index in [1.807, 2.05) is 0 Å². The molecule has 0 spiro atoms. The van der Waals surface area contributed by atoms with Gasteiger partial charge in [0.15, 0.2) is 6.10 Å². The van der Waals surface area contributed by atoms with Gasteiger partial charge < -0.3 is 14.2 Å². The molecule has 6 nitrogen and oxygen atoms in total.